The summed E-state index contributed by atoms with van der Waals surface area (Å²) in [5, 5.41) is 5.63. The summed E-state index contributed by atoms with van der Waals surface area (Å²) < 4.78 is 10.3. The van der Waals surface area contributed by atoms with Crippen LogP contribution in [0.25, 0.3) is 0 Å². The third-order valence-corrected chi connectivity index (χ3v) is 2.90. The number of amides is 2. The molecule has 98 valence electrons. The van der Waals surface area contributed by atoms with Gasteiger partial charge < -0.3 is 20.1 Å². The summed E-state index contributed by atoms with van der Waals surface area (Å²) in [4.78, 5) is 11.8. The van der Waals surface area contributed by atoms with E-state index in [2.05, 4.69) is 10.6 Å². The minimum Gasteiger partial charge on any atom is -0.353 e. The first-order valence-corrected chi connectivity index (χ1v) is 5.97. The minimum absolute atomic E-state index is 0.0475. The molecular weight excluding hydrogens is 232 g/mol. The fourth-order valence-electron chi connectivity index (χ4n) is 1.87. The fourth-order valence-corrected chi connectivity index (χ4v) is 1.87. The Morgan fingerprint density at radius 1 is 1.39 bits per heavy atom. The lowest BCUT2D eigenvalue weighted by Gasteiger charge is -2.13. The third-order valence-electron chi connectivity index (χ3n) is 2.90. The molecule has 0 bridgehead atoms. The molecule has 1 unspecified atom stereocenters. The summed E-state index contributed by atoms with van der Waals surface area (Å²) >= 11 is 0. The van der Waals surface area contributed by atoms with Crippen LogP contribution >= 0.6 is 0 Å². The SMILES string of the molecule is Cc1cccc(C)c1NC(=O)NCC1COCO1. The Kier molecular flexibility index (Phi) is 4.17. The van der Waals surface area contributed by atoms with E-state index in [1.54, 1.807) is 0 Å². The molecule has 5 nitrogen and oxygen atoms in total. The molecule has 1 aromatic carbocycles. The predicted molar refractivity (Wildman–Crippen MR) is 68.6 cm³/mol. The maximum atomic E-state index is 11.8. The number of hydrogen-bond acceptors (Lipinski definition) is 3. The standard InChI is InChI=1S/C13H18N2O3/c1-9-4-3-5-10(2)12(9)15-13(16)14-6-11-7-17-8-18-11/h3-5,11H,6-8H2,1-2H3,(H2,14,15,16). The van der Waals surface area contributed by atoms with E-state index in [4.69, 9.17) is 9.47 Å². The molecule has 1 aromatic rings. The molecule has 1 heterocycles. The Hall–Kier alpha value is -1.59. The molecule has 2 rings (SSSR count). The van der Waals surface area contributed by atoms with Crippen molar-refractivity contribution in [2.24, 2.45) is 0 Å². The molecule has 1 aliphatic heterocycles. The minimum atomic E-state index is -0.220. The molecule has 0 saturated carbocycles. The van der Waals surface area contributed by atoms with Crippen LogP contribution in [-0.2, 0) is 9.47 Å². The lowest BCUT2D eigenvalue weighted by molar-refractivity contribution is 0.0476. The summed E-state index contributed by atoms with van der Waals surface area (Å²) in [6.07, 6.45) is -0.0475. The van der Waals surface area contributed by atoms with Crippen molar-refractivity contribution < 1.29 is 14.3 Å². The average Bonchev–Trinajstić information content (AvgIpc) is 2.84. The molecule has 2 amide bonds. The zero-order chi connectivity index (χ0) is 13.0. The van der Waals surface area contributed by atoms with Crippen molar-refractivity contribution in [2.75, 3.05) is 25.3 Å². The highest BCUT2D eigenvalue weighted by molar-refractivity contribution is 5.90. The molecule has 0 aliphatic carbocycles. The molecule has 18 heavy (non-hydrogen) atoms. The van der Waals surface area contributed by atoms with Crippen molar-refractivity contribution in [3.05, 3.63) is 29.3 Å². The van der Waals surface area contributed by atoms with Gasteiger partial charge in [-0.25, -0.2) is 4.79 Å². The topological polar surface area (TPSA) is 59.6 Å². The van der Waals surface area contributed by atoms with Gasteiger partial charge in [0.15, 0.2) is 0 Å². The van der Waals surface area contributed by atoms with Gasteiger partial charge in [0.1, 0.15) is 12.9 Å². The van der Waals surface area contributed by atoms with Crippen molar-refractivity contribution >= 4 is 11.7 Å². The Morgan fingerprint density at radius 3 is 2.72 bits per heavy atom. The van der Waals surface area contributed by atoms with E-state index < -0.39 is 0 Å². The fraction of sp³-hybridized carbons (Fsp3) is 0.462. The summed E-state index contributed by atoms with van der Waals surface area (Å²) in [6, 6.07) is 5.69. The second-order valence-corrected chi connectivity index (χ2v) is 4.38. The number of aryl methyl sites for hydroxylation is 2. The smallest absolute Gasteiger partial charge is 0.319 e. The largest absolute Gasteiger partial charge is 0.353 e. The van der Waals surface area contributed by atoms with Crippen LogP contribution < -0.4 is 10.6 Å². The van der Waals surface area contributed by atoms with Crippen LogP contribution in [0.15, 0.2) is 18.2 Å². The summed E-state index contributed by atoms with van der Waals surface area (Å²) in [6.45, 7) is 5.23. The van der Waals surface area contributed by atoms with Gasteiger partial charge in [-0.15, -0.1) is 0 Å². The molecule has 0 spiro atoms. The number of ether oxygens (including phenoxy) is 2. The molecule has 0 radical (unpaired) electrons. The second-order valence-electron chi connectivity index (χ2n) is 4.38. The van der Waals surface area contributed by atoms with Crippen molar-refractivity contribution in [3.63, 3.8) is 0 Å². The van der Waals surface area contributed by atoms with Crippen molar-refractivity contribution in [1.82, 2.24) is 5.32 Å². The first kappa shape index (κ1) is 12.9. The van der Waals surface area contributed by atoms with Gasteiger partial charge in [-0.3, -0.25) is 0 Å². The van der Waals surface area contributed by atoms with E-state index in [1.807, 2.05) is 32.0 Å². The van der Waals surface area contributed by atoms with E-state index in [1.165, 1.54) is 0 Å². The number of carbonyl (C=O) groups is 1. The van der Waals surface area contributed by atoms with Crippen molar-refractivity contribution in [2.45, 2.75) is 20.0 Å². The van der Waals surface area contributed by atoms with Gasteiger partial charge in [-0.2, -0.15) is 0 Å². The highest BCUT2D eigenvalue weighted by atomic mass is 16.7. The zero-order valence-corrected chi connectivity index (χ0v) is 10.7. The highest BCUT2D eigenvalue weighted by Gasteiger charge is 2.17. The summed E-state index contributed by atoms with van der Waals surface area (Å²) in [5.41, 5.74) is 2.95. The second kappa shape index (κ2) is 5.84. The van der Waals surface area contributed by atoms with Gasteiger partial charge in [0.25, 0.3) is 0 Å². The van der Waals surface area contributed by atoms with Crippen LogP contribution in [0.1, 0.15) is 11.1 Å². The molecule has 1 fully saturated rings. The number of anilines is 1. The molecule has 1 aliphatic rings. The van der Waals surface area contributed by atoms with Crippen LogP contribution in [-0.4, -0.2) is 32.1 Å². The van der Waals surface area contributed by atoms with Crippen molar-refractivity contribution in [3.8, 4) is 0 Å². The predicted octanol–water partition coefficient (Wildman–Crippen LogP) is 1.80. The maximum Gasteiger partial charge on any atom is 0.319 e. The number of urea groups is 1. The molecule has 1 saturated heterocycles. The normalized spacial score (nSPS) is 18.7. The maximum absolute atomic E-state index is 11.8. The van der Waals surface area contributed by atoms with E-state index >= 15 is 0 Å². The van der Waals surface area contributed by atoms with Crippen LogP contribution in [0.4, 0.5) is 10.5 Å². The number of benzene rings is 1. The molecule has 0 aromatic heterocycles. The van der Waals surface area contributed by atoms with E-state index in [9.17, 15) is 4.79 Å². The summed E-state index contributed by atoms with van der Waals surface area (Å²) in [5.74, 6) is 0. The first-order valence-electron chi connectivity index (χ1n) is 5.97. The molecule has 1 atom stereocenters. The highest BCUT2D eigenvalue weighted by Crippen LogP contribution is 2.19. The van der Waals surface area contributed by atoms with Gasteiger partial charge in [-0.05, 0) is 25.0 Å². The van der Waals surface area contributed by atoms with E-state index in [0.29, 0.717) is 19.9 Å². The number of hydrogen-bond donors (Lipinski definition) is 2. The van der Waals surface area contributed by atoms with Crippen LogP contribution in [0, 0.1) is 13.8 Å². The molecular formula is C13H18N2O3. The first-order chi connectivity index (χ1) is 8.66. The average molecular weight is 250 g/mol. The van der Waals surface area contributed by atoms with E-state index in [-0.39, 0.29) is 12.1 Å². The molecule has 5 heteroatoms. The monoisotopic (exact) mass is 250 g/mol. The van der Waals surface area contributed by atoms with Crippen LogP contribution in [0.2, 0.25) is 0 Å². The summed E-state index contributed by atoms with van der Waals surface area (Å²) in [7, 11) is 0. The lowest BCUT2D eigenvalue weighted by atomic mass is 10.1. The van der Waals surface area contributed by atoms with Gasteiger partial charge in [0, 0.05) is 12.2 Å². The van der Waals surface area contributed by atoms with Gasteiger partial charge in [0.05, 0.1) is 6.61 Å². The Labute approximate surface area is 106 Å². The number of carbonyl (C=O) groups excluding carboxylic acids is 1. The van der Waals surface area contributed by atoms with Crippen LogP contribution in [0.5, 0.6) is 0 Å². The Morgan fingerprint density at radius 2 is 2.11 bits per heavy atom. The number of rotatable bonds is 3. The van der Waals surface area contributed by atoms with Gasteiger partial charge >= 0.3 is 6.03 Å². The zero-order valence-electron chi connectivity index (χ0n) is 10.7. The van der Waals surface area contributed by atoms with Gasteiger partial charge in [0.2, 0.25) is 0 Å². The van der Waals surface area contributed by atoms with Crippen LogP contribution in [0.3, 0.4) is 0 Å². The van der Waals surface area contributed by atoms with Gasteiger partial charge in [-0.1, -0.05) is 18.2 Å². The quantitative estimate of drug-likeness (QED) is 0.860. The Bertz CT molecular complexity index is 408. The number of nitrogens with one attached hydrogen (secondary N) is 2. The number of para-hydroxylation sites is 1. The van der Waals surface area contributed by atoms with E-state index in [0.717, 1.165) is 16.8 Å². The third kappa shape index (κ3) is 3.21. The lowest BCUT2D eigenvalue weighted by Crippen LogP contribution is -2.36. The van der Waals surface area contributed by atoms with Crippen molar-refractivity contribution in [1.29, 1.82) is 0 Å². The Balaban J connectivity index is 1.86. The molecule has 2 N–H and O–H groups in total.